The van der Waals surface area contributed by atoms with Gasteiger partial charge in [-0.05, 0) is 47.5 Å². The van der Waals surface area contributed by atoms with Crippen LogP contribution in [-0.2, 0) is 0 Å². The molecule has 1 N–H and O–H groups in total. The van der Waals surface area contributed by atoms with Crippen molar-refractivity contribution in [2.24, 2.45) is 0 Å². The minimum Gasteiger partial charge on any atom is -0.392 e. The quantitative estimate of drug-likeness (QED) is 0.450. The predicted octanol–water partition coefficient (Wildman–Crippen LogP) is 5.68. The zero-order valence-electron chi connectivity index (χ0n) is 14.2. The first kappa shape index (κ1) is 19.4. The maximum absolute atomic E-state index is 8.76. The van der Waals surface area contributed by atoms with E-state index in [0.29, 0.717) is 0 Å². The summed E-state index contributed by atoms with van der Waals surface area (Å²) in [5.74, 6) is 0. The average Bonchev–Trinajstić information content (AvgIpc) is 2.38. The molecule has 0 aromatic rings. The van der Waals surface area contributed by atoms with E-state index in [0.717, 1.165) is 18.4 Å². The van der Waals surface area contributed by atoms with E-state index in [1.807, 2.05) is 19.1 Å². The van der Waals surface area contributed by atoms with E-state index >= 15 is 0 Å². The first-order chi connectivity index (χ1) is 9.95. The molecule has 0 heterocycles. The van der Waals surface area contributed by atoms with Gasteiger partial charge in [0.2, 0.25) is 0 Å². The third kappa shape index (κ3) is 13.1. The Bertz CT molecular complexity index is 464. The molecule has 0 aliphatic rings. The Labute approximate surface area is 130 Å². The molecular weight excluding hydrogens is 256 g/mol. The zero-order valence-corrected chi connectivity index (χ0v) is 14.2. The van der Waals surface area contributed by atoms with Crippen LogP contribution in [0, 0.1) is 0 Å². The highest BCUT2D eigenvalue weighted by Crippen LogP contribution is 2.07. The molecule has 0 unspecified atom stereocenters. The summed E-state index contributed by atoms with van der Waals surface area (Å²) in [7, 11) is 0. The molecule has 0 saturated carbocycles. The van der Waals surface area contributed by atoms with Gasteiger partial charge in [-0.15, -0.1) is 0 Å². The number of hydrogen-bond acceptors (Lipinski definition) is 1. The summed E-state index contributed by atoms with van der Waals surface area (Å²) in [6.07, 6.45) is 18.8. The summed E-state index contributed by atoms with van der Waals surface area (Å²) >= 11 is 0. The van der Waals surface area contributed by atoms with Gasteiger partial charge < -0.3 is 5.11 Å². The van der Waals surface area contributed by atoms with E-state index in [1.54, 1.807) is 6.08 Å². The van der Waals surface area contributed by atoms with Gasteiger partial charge in [0.05, 0.1) is 6.61 Å². The van der Waals surface area contributed by atoms with Crippen LogP contribution in [0.15, 0.2) is 70.9 Å². The van der Waals surface area contributed by atoms with Crippen LogP contribution in [0.2, 0.25) is 0 Å². The van der Waals surface area contributed by atoms with Gasteiger partial charge in [0.1, 0.15) is 0 Å². The van der Waals surface area contributed by atoms with E-state index in [2.05, 4.69) is 58.1 Å². The van der Waals surface area contributed by atoms with Gasteiger partial charge in [-0.25, -0.2) is 0 Å². The van der Waals surface area contributed by atoms with Gasteiger partial charge in [-0.2, -0.15) is 0 Å². The molecule has 1 nitrogen and oxygen atoms in total. The molecule has 0 fully saturated rings. The fourth-order valence-electron chi connectivity index (χ4n) is 1.66. The van der Waals surface area contributed by atoms with Crippen LogP contribution in [0.4, 0.5) is 0 Å². The predicted molar refractivity (Wildman–Crippen MR) is 95.3 cm³/mol. The Hall–Kier alpha value is -1.60. The monoisotopic (exact) mass is 286 g/mol. The van der Waals surface area contributed by atoms with Crippen LogP contribution >= 0.6 is 0 Å². The lowest BCUT2D eigenvalue weighted by molar-refractivity contribution is 0.342. The molecule has 0 rings (SSSR count). The Kier molecular flexibility index (Phi) is 11.2. The molecule has 0 spiro atoms. The number of rotatable bonds is 8. The van der Waals surface area contributed by atoms with Crippen molar-refractivity contribution in [1.29, 1.82) is 0 Å². The number of allylic oxidation sites excluding steroid dienone is 11. The minimum atomic E-state index is 0.0928. The van der Waals surface area contributed by atoms with Gasteiger partial charge in [0.15, 0.2) is 0 Å². The van der Waals surface area contributed by atoms with Crippen molar-refractivity contribution in [2.75, 3.05) is 6.61 Å². The maximum Gasteiger partial charge on any atom is 0.0617 e. The van der Waals surface area contributed by atoms with Crippen molar-refractivity contribution in [1.82, 2.24) is 0 Å². The molecule has 116 valence electrons. The van der Waals surface area contributed by atoms with E-state index in [1.165, 1.54) is 16.7 Å². The van der Waals surface area contributed by atoms with Crippen LogP contribution in [0.1, 0.15) is 47.5 Å². The van der Waals surface area contributed by atoms with Gasteiger partial charge >= 0.3 is 0 Å². The van der Waals surface area contributed by atoms with Crippen LogP contribution in [0.5, 0.6) is 0 Å². The second-order valence-electron chi connectivity index (χ2n) is 5.59. The Balaban J connectivity index is 4.33. The number of aliphatic hydroxyl groups is 1. The van der Waals surface area contributed by atoms with E-state index in [4.69, 9.17) is 5.11 Å². The lowest BCUT2D eigenvalue weighted by atomic mass is 10.1. The summed E-state index contributed by atoms with van der Waals surface area (Å²) in [6.45, 7) is 10.6. The maximum atomic E-state index is 8.76. The third-order valence-electron chi connectivity index (χ3n) is 2.96. The van der Waals surface area contributed by atoms with Crippen molar-refractivity contribution in [3.8, 4) is 0 Å². The molecule has 0 saturated heterocycles. The molecular formula is C20H30O. The van der Waals surface area contributed by atoms with Crippen LogP contribution in [0.25, 0.3) is 0 Å². The minimum absolute atomic E-state index is 0.0928. The normalized spacial score (nSPS) is 14.3. The Morgan fingerprint density at radius 1 is 0.810 bits per heavy atom. The van der Waals surface area contributed by atoms with Crippen molar-refractivity contribution in [3.05, 3.63) is 70.9 Å². The van der Waals surface area contributed by atoms with Crippen molar-refractivity contribution >= 4 is 0 Å². The summed E-state index contributed by atoms with van der Waals surface area (Å²) < 4.78 is 0. The fourth-order valence-corrected chi connectivity index (χ4v) is 1.66. The van der Waals surface area contributed by atoms with E-state index in [-0.39, 0.29) is 6.61 Å². The van der Waals surface area contributed by atoms with E-state index < -0.39 is 0 Å². The summed E-state index contributed by atoms with van der Waals surface area (Å²) in [5.41, 5.74) is 5.06. The summed E-state index contributed by atoms with van der Waals surface area (Å²) in [6, 6.07) is 0. The Morgan fingerprint density at radius 2 is 1.43 bits per heavy atom. The van der Waals surface area contributed by atoms with Gasteiger partial charge in [-0.3, -0.25) is 0 Å². The molecule has 0 aromatic carbocycles. The summed E-state index contributed by atoms with van der Waals surface area (Å²) in [5, 5.41) is 8.76. The molecule has 0 aromatic heterocycles. The Morgan fingerprint density at radius 3 is 2.05 bits per heavy atom. The SMILES string of the molecule is CC(C)=CCCC(C)=CC=CC(C)=CC=CC(C)=CCO. The van der Waals surface area contributed by atoms with Crippen LogP contribution in [-0.4, -0.2) is 11.7 Å². The second-order valence-corrected chi connectivity index (χ2v) is 5.59. The van der Waals surface area contributed by atoms with Gasteiger partial charge in [0, 0.05) is 0 Å². The largest absolute Gasteiger partial charge is 0.392 e. The standard InChI is InChI=1S/C20H30O/c1-17(2)9-6-10-18(3)11-7-12-19(4)13-8-14-20(5)15-16-21/h7-9,11-15,21H,6,10,16H2,1-5H3. The van der Waals surface area contributed by atoms with Crippen molar-refractivity contribution < 1.29 is 5.11 Å². The molecule has 21 heavy (non-hydrogen) atoms. The highest BCUT2D eigenvalue weighted by Gasteiger charge is 1.87. The molecule has 0 aliphatic heterocycles. The molecule has 0 atom stereocenters. The topological polar surface area (TPSA) is 20.2 Å². The summed E-state index contributed by atoms with van der Waals surface area (Å²) in [4.78, 5) is 0. The lowest BCUT2D eigenvalue weighted by Gasteiger charge is -1.96. The molecule has 0 aliphatic carbocycles. The lowest BCUT2D eigenvalue weighted by Crippen LogP contribution is -1.76. The molecule has 1 heteroatoms. The highest BCUT2D eigenvalue weighted by atomic mass is 16.2. The molecule has 0 bridgehead atoms. The van der Waals surface area contributed by atoms with Crippen molar-refractivity contribution in [3.63, 3.8) is 0 Å². The highest BCUT2D eigenvalue weighted by molar-refractivity contribution is 5.28. The van der Waals surface area contributed by atoms with Gasteiger partial charge in [0.25, 0.3) is 0 Å². The van der Waals surface area contributed by atoms with E-state index in [9.17, 15) is 0 Å². The first-order valence-corrected chi connectivity index (χ1v) is 7.55. The van der Waals surface area contributed by atoms with Gasteiger partial charge in [-0.1, -0.05) is 70.9 Å². The molecule has 0 amide bonds. The van der Waals surface area contributed by atoms with Crippen molar-refractivity contribution in [2.45, 2.75) is 47.5 Å². The zero-order chi connectivity index (χ0) is 16.1. The first-order valence-electron chi connectivity index (χ1n) is 7.55. The molecule has 0 radical (unpaired) electrons. The third-order valence-corrected chi connectivity index (χ3v) is 2.96. The fraction of sp³-hybridized carbons (Fsp3) is 0.400. The average molecular weight is 286 g/mol. The van der Waals surface area contributed by atoms with Crippen LogP contribution in [0.3, 0.4) is 0 Å². The number of hydrogen-bond donors (Lipinski definition) is 1. The van der Waals surface area contributed by atoms with Crippen LogP contribution < -0.4 is 0 Å². The number of aliphatic hydroxyl groups excluding tert-OH is 1. The second kappa shape index (κ2) is 12.2. The smallest absolute Gasteiger partial charge is 0.0617 e.